The fourth-order valence-electron chi connectivity index (χ4n) is 1.91. The van der Waals surface area contributed by atoms with E-state index in [2.05, 4.69) is 37.4 Å². The van der Waals surface area contributed by atoms with Crippen molar-refractivity contribution >= 4 is 49.6 Å². The number of nitrogens with zero attached hydrogens (tertiary/aromatic N) is 1. The van der Waals surface area contributed by atoms with Gasteiger partial charge >= 0.3 is 0 Å². The van der Waals surface area contributed by atoms with Gasteiger partial charge in [0.05, 0.1) is 20.6 Å². The van der Waals surface area contributed by atoms with E-state index in [0.717, 1.165) is 3.93 Å². The second-order valence-electron chi connectivity index (χ2n) is 4.26. The lowest BCUT2D eigenvalue weighted by Gasteiger charge is -2.03. The third kappa shape index (κ3) is 3.01. The Balaban J connectivity index is 0.000000160. The Hall–Kier alpha value is -1.02. The van der Waals surface area contributed by atoms with Crippen molar-refractivity contribution in [3.63, 3.8) is 0 Å². The molecule has 2 heterocycles. The summed E-state index contributed by atoms with van der Waals surface area (Å²) in [6.07, 6.45) is 1.33. The number of carbonyl (C=O) groups excluding carboxylic acids is 2. The first kappa shape index (κ1) is 15.4. The summed E-state index contributed by atoms with van der Waals surface area (Å²) >= 11 is 5.66. The van der Waals surface area contributed by atoms with Gasteiger partial charge in [0.15, 0.2) is 0 Å². The van der Waals surface area contributed by atoms with E-state index in [0.29, 0.717) is 37.1 Å². The minimum atomic E-state index is -0.555. The second kappa shape index (κ2) is 6.17. The molecule has 1 aromatic rings. The highest BCUT2D eigenvalue weighted by molar-refractivity contribution is 9.10. The molecular weight excluding hydrogens is 402 g/mol. The fourth-order valence-corrected chi connectivity index (χ4v) is 2.61. The van der Waals surface area contributed by atoms with Crippen molar-refractivity contribution in [3.05, 3.63) is 27.7 Å². The maximum atomic E-state index is 13.2. The SMILES string of the molecule is Fc1cc2c(c(F)c1Br)CCN2.O=C1CCC(=O)N1Br. The number of halogens is 4. The predicted octanol–water partition coefficient (Wildman–Crippen LogP) is 3.14. The molecule has 2 aliphatic rings. The van der Waals surface area contributed by atoms with Crippen molar-refractivity contribution in [3.8, 4) is 0 Å². The van der Waals surface area contributed by atoms with E-state index in [1.807, 2.05) is 0 Å². The van der Waals surface area contributed by atoms with Crippen LogP contribution in [0.15, 0.2) is 10.5 Å². The lowest BCUT2D eigenvalue weighted by Crippen LogP contribution is -2.16. The van der Waals surface area contributed by atoms with Crippen LogP contribution in [0, 0.1) is 11.6 Å². The number of hydrogen-bond donors (Lipinski definition) is 1. The summed E-state index contributed by atoms with van der Waals surface area (Å²) in [5.74, 6) is -1.32. The maximum absolute atomic E-state index is 13.2. The second-order valence-corrected chi connectivity index (χ2v) is 5.76. The van der Waals surface area contributed by atoms with Crippen LogP contribution in [-0.2, 0) is 16.0 Å². The molecule has 0 radical (unpaired) electrons. The number of rotatable bonds is 0. The van der Waals surface area contributed by atoms with Gasteiger partial charge in [-0.3, -0.25) is 9.59 Å². The van der Waals surface area contributed by atoms with Crippen LogP contribution in [0.5, 0.6) is 0 Å². The summed E-state index contributed by atoms with van der Waals surface area (Å²) in [6.45, 7) is 0.683. The summed E-state index contributed by atoms with van der Waals surface area (Å²) < 4.78 is 27.1. The van der Waals surface area contributed by atoms with Gasteiger partial charge in [-0.2, -0.15) is 0 Å². The molecule has 0 bridgehead atoms. The zero-order valence-corrected chi connectivity index (χ0v) is 13.4. The van der Waals surface area contributed by atoms with E-state index in [1.165, 1.54) is 6.07 Å². The molecule has 0 aromatic heterocycles. The summed E-state index contributed by atoms with van der Waals surface area (Å²) in [5.41, 5.74) is 1.15. The molecule has 1 saturated heterocycles. The molecule has 8 heteroatoms. The van der Waals surface area contributed by atoms with Crippen LogP contribution in [0.3, 0.4) is 0 Å². The smallest absolute Gasteiger partial charge is 0.239 e. The average molecular weight is 412 g/mol. The number of hydrogen-bond acceptors (Lipinski definition) is 3. The summed E-state index contributed by atoms with van der Waals surface area (Å²) in [7, 11) is 0. The normalized spacial score (nSPS) is 16.7. The van der Waals surface area contributed by atoms with Gasteiger partial charge < -0.3 is 5.32 Å². The number of benzene rings is 1. The Morgan fingerprint density at radius 1 is 1.15 bits per heavy atom. The average Bonchev–Trinajstić information content (AvgIpc) is 2.99. The van der Waals surface area contributed by atoms with E-state index in [9.17, 15) is 18.4 Å². The number of imide groups is 1. The van der Waals surface area contributed by atoms with Crippen LogP contribution in [0.1, 0.15) is 18.4 Å². The standard InChI is InChI=1S/C8H6BrF2N.C4H4BrNO2/c9-7-5(10)3-6-4(8(7)11)1-2-12-6;5-6-3(7)1-2-4(6)8/h3,12H,1-2H2;1-2H2. The third-order valence-electron chi connectivity index (χ3n) is 2.94. The lowest BCUT2D eigenvalue weighted by atomic mass is 10.1. The topological polar surface area (TPSA) is 49.4 Å². The first-order valence-corrected chi connectivity index (χ1v) is 7.34. The lowest BCUT2D eigenvalue weighted by molar-refractivity contribution is -0.131. The van der Waals surface area contributed by atoms with Crippen LogP contribution in [0.4, 0.5) is 14.5 Å². The number of nitrogens with one attached hydrogen (secondary N) is 1. The van der Waals surface area contributed by atoms with E-state index in [-0.39, 0.29) is 16.3 Å². The molecule has 0 aliphatic carbocycles. The van der Waals surface area contributed by atoms with Crippen LogP contribution < -0.4 is 5.32 Å². The molecule has 2 amide bonds. The quantitative estimate of drug-likeness (QED) is 0.405. The van der Waals surface area contributed by atoms with Gasteiger partial charge in [0.2, 0.25) is 11.8 Å². The fraction of sp³-hybridized carbons (Fsp3) is 0.333. The summed E-state index contributed by atoms with van der Waals surface area (Å²) in [4.78, 5) is 20.9. The van der Waals surface area contributed by atoms with E-state index in [4.69, 9.17) is 0 Å². The first-order chi connectivity index (χ1) is 9.41. The highest BCUT2D eigenvalue weighted by Gasteiger charge is 2.26. The Bertz CT molecular complexity index is 565. The molecule has 0 atom stereocenters. The Labute approximate surface area is 131 Å². The van der Waals surface area contributed by atoms with Crippen LogP contribution in [-0.4, -0.2) is 22.3 Å². The van der Waals surface area contributed by atoms with Gasteiger partial charge in [-0.25, -0.2) is 12.7 Å². The van der Waals surface area contributed by atoms with Crippen molar-refractivity contribution in [2.24, 2.45) is 0 Å². The van der Waals surface area contributed by atoms with Gasteiger partial charge in [0.25, 0.3) is 0 Å². The molecule has 1 N–H and O–H groups in total. The molecule has 2 aliphatic heterocycles. The van der Waals surface area contributed by atoms with Crippen LogP contribution in [0.25, 0.3) is 0 Å². The van der Waals surface area contributed by atoms with Crippen molar-refractivity contribution in [1.29, 1.82) is 0 Å². The number of anilines is 1. The minimum Gasteiger partial charge on any atom is -0.384 e. The number of fused-ring (bicyclic) bond motifs is 1. The van der Waals surface area contributed by atoms with Gasteiger partial charge in [-0.15, -0.1) is 0 Å². The summed E-state index contributed by atoms with van der Waals surface area (Å²) in [6, 6.07) is 1.31. The van der Waals surface area contributed by atoms with E-state index < -0.39 is 11.6 Å². The van der Waals surface area contributed by atoms with Crippen molar-refractivity contribution in [2.45, 2.75) is 19.3 Å². The van der Waals surface area contributed by atoms with Gasteiger partial charge in [0.1, 0.15) is 11.6 Å². The van der Waals surface area contributed by atoms with Crippen molar-refractivity contribution < 1.29 is 18.4 Å². The molecule has 108 valence electrons. The molecule has 4 nitrogen and oxygen atoms in total. The van der Waals surface area contributed by atoms with Crippen LogP contribution >= 0.6 is 32.1 Å². The molecule has 0 unspecified atom stereocenters. The first-order valence-electron chi connectivity index (χ1n) is 5.83. The highest BCUT2D eigenvalue weighted by Crippen LogP contribution is 2.32. The van der Waals surface area contributed by atoms with Gasteiger partial charge in [0, 0.05) is 30.6 Å². The Morgan fingerprint density at radius 2 is 1.75 bits per heavy atom. The zero-order valence-electron chi connectivity index (χ0n) is 10.2. The minimum absolute atomic E-state index is 0.0649. The van der Waals surface area contributed by atoms with E-state index in [1.54, 1.807) is 0 Å². The largest absolute Gasteiger partial charge is 0.384 e. The number of carbonyl (C=O) groups is 2. The number of amides is 2. The summed E-state index contributed by atoms with van der Waals surface area (Å²) in [5, 5.41) is 2.91. The molecule has 1 aromatic carbocycles. The highest BCUT2D eigenvalue weighted by atomic mass is 79.9. The Kier molecular flexibility index (Phi) is 4.74. The molecular formula is C12H10Br2F2N2O2. The monoisotopic (exact) mass is 410 g/mol. The maximum Gasteiger partial charge on any atom is 0.239 e. The van der Waals surface area contributed by atoms with Gasteiger partial charge in [-0.05, 0) is 28.4 Å². The Morgan fingerprint density at radius 3 is 2.25 bits per heavy atom. The van der Waals surface area contributed by atoms with Crippen LogP contribution in [0.2, 0.25) is 0 Å². The van der Waals surface area contributed by atoms with Crippen molar-refractivity contribution in [2.75, 3.05) is 11.9 Å². The van der Waals surface area contributed by atoms with E-state index >= 15 is 0 Å². The predicted molar refractivity (Wildman–Crippen MR) is 76.3 cm³/mol. The third-order valence-corrected chi connectivity index (χ3v) is 4.46. The molecule has 1 fully saturated rings. The van der Waals surface area contributed by atoms with Gasteiger partial charge in [-0.1, -0.05) is 0 Å². The zero-order chi connectivity index (χ0) is 14.9. The molecule has 20 heavy (non-hydrogen) atoms. The van der Waals surface area contributed by atoms with Crippen molar-refractivity contribution in [1.82, 2.24) is 3.93 Å². The molecule has 3 rings (SSSR count). The molecule has 0 saturated carbocycles. The molecule has 0 spiro atoms.